The zero-order valence-corrected chi connectivity index (χ0v) is 13.4. The summed E-state index contributed by atoms with van der Waals surface area (Å²) in [5, 5.41) is 8.22. The van der Waals surface area contributed by atoms with Crippen LogP contribution in [-0.2, 0) is 6.42 Å². The Morgan fingerprint density at radius 3 is 3.05 bits per heavy atom. The molecule has 2 rings (SSSR count). The van der Waals surface area contributed by atoms with Crippen molar-refractivity contribution >= 4 is 11.3 Å². The van der Waals surface area contributed by atoms with E-state index in [9.17, 15) is 0 Å². The molecule has 3 atom stereocenters. The Hall–Kier alpha value is -0.380. The van der Waals surface area contributed by atoms with Crippen molar-refractivity contribution in [2.75, 3.05) is 19.6 Å². The summed E-state index contributed by atoms with van der Waals surface area (Å²) in [6.45, 7) is 10.6. The quantitative estimate of drug-likeness (QED) is 0.889. The van der Waals surface area contributed by atoms with Gasteiger partial charge >= 0.3 is 0 Å². The van der Waals surface area contributed by atoms with Crippen molar-refractivity contribution < 1.29 is 0 Å². The van der Waals surface area contributed by atoms with E-state index in [-0.39, 0.29) is 0 Å². The Morgan fingerprint density at radius 2 is 2.37 bits per heavy atom. The lowest BCUT2D eigenvalue weighted by molar-refractivity contribution is 0.190. The van der Waals surface area contributed by atoms with Crippen LogP contribution in [0.15, 0.2) is 16.8 Å². The lowest BCUT2D eigenvalue weighted by Gasteiger charge is -2.31. The summed E-state index contributed by atoms with van der Waals surface area (Å²) < 4.78 is 0. The highest BCUT2D eigenvalue weighted by Crippen LogP contribution is 2.17. The molecule has 0 spiro atoms. The van der Waals surface area contributed by atoms with Crippen LogP contribution in [0, 0.1) is 5.92 Å². The molecular formula is C16H28N2S. The van der Waals surface area contributed by atoms with Crippen molar-refractivity contribution in [3.8, 4) is 0 Å². The van der Waals surface area contributed by atoms with Gasteiger partial charge in [-0.2, -0.15) is 11.3 Å². The third-order valence-corrected chi connectivity index (χ3v) is 5.35. The van der Waals surface area contributed by atoms with Crippen LogP contribution in [0.2, 0.25) is 0 Å². The molecule has 1 fully saturated rings. The third-order valence-electron chi connectivity index (χ3n) is 4.62. The monoisotopic (exact) mass is 280 g/mol. The normalized spacial score (nSPS) is 27.1. The van der Waals surface area contributed by atoms with Crippen LogP contribution in [0.3, 0.4) is 0 Å². The number of hydrogen-bond acceptors (Lipinski definition) is 3. The molecule has 0 radical (unpaired) electrons. The van der Waals surface area contributed by atoms with Crippen molar-refractivity contribution in [3.63, 3.8) is 0 Å². The van der Waals surface area contributed by atoms with Crippen molar-refractivity contribution in [1.82, 2.24) is 10.2 Å². The first kappa shape index (κ1) is 15.0. The van der Waals surface area contributed by atoms with Crippen molar-refractivity contribution in [2.24, 2.45) is 5.92 Å². The largest absolute Gasteiger partial charge is 0.312 e. The van der Waals surface area contributed by atoms with Gasteiger partial charge in [-0.25, -0.2) is 0 Å². The van der Waals surface area contributed by atoms with Gasteiger partial charge < -0.3 is 5.32 Å². The first-order valence-electron chi connectivity index (χ1n) is 7.69. The lowest BCUT2D eigenvalue weighted by atomic mass is 9.98. The molecule has 2 nitrogen and oxygen atoms in total. The van der Waals surface area contributed by atoms with E-state index in [0.717, 1.165) is 5.92 Å². The van der Waals surface area contributed by atoms with E-state index >= 15 is 0 Å². The smallest absolute Gasteiger partial charge is 0.0220 e. The maximum atomic E-state index is 3.75. The molecule has 0 saturated carbocycles. The zero-order valence-electron chi connectivity index (χ0n) is 12.6. The summed E-state index contributed by atoms with van der Waals surface area (Å²) in [6, 6.07) is 3.63. The molecule has 3 unspecified atom stereocenters. The topological polar surface area (TPSA) is 15.3 Å². The fourth-order valence-electron chi connectivity index (χ4n) is 2.84. The molecule has 3 heteroatoms. The second-order valence-corrected chi connectivity index (χ2v) is 6.74. The van der Waals surface area contributed by atoms with Gasteiger partial charge in [-0.1, -0.05) is 20.3 Å². The van der Waals surface area contributed by atoms with Crippen molar-refractivity contribution in [3.05, 3.63) is 22.4 Å². The lowest BCUT2D eigenvalue weighted by Crippen LogP contribution is -2.44. The van der Waals surface area contributed by atoms with Crippen molar-refractivity contribution in [2.45, 2.75) is 52.1 Å². The molecule has 0 amide bonds. The fraction of sp³-hybridized carbons (Fsp3) is 0.750. The summed E-state index contributed by atoms with van der Waals surface area (Å²) in [6.07, 6.45) is 3.74. The van der Waals surface area contributed by atoms with Gasteiger partial charge in [-0.3, -0.25) is 4.90 Å². The molecule has 19 heavy (non-hydrogen) atoms. The predicted octanol–water partition coefficient (Wildman–Crippen LogP) is 3.39. The molecule has 108 valence electrons. The van der Waals surface area contributed by atoms with Gasteiger partial charge in [-0.15, -0.1) is 0 Å². The van der Waals surface area contributed by atoms with Crippen LogP contribution >= 0.6 is 11.3 Å². The summed E-state index contributed by atoms with van der Waals surface area (Å²) in [7, 11) is 0. The molecule has 1 aromatic rings. The molecule has 1 aromatic heterocycles. The van der Waals surface area contributed by atoms with Gasteiger partial charge in [-0.05, 0) is 54.6 Å². The van der Waals surface area contributed by atoms with Gasteiger partial charge in [0.15, 0.2) is 0 Å². The molecule has 0 aromatic carbocycles. The summed E-state index contributed by atoms with van der Waals surface area (Å²) in [5.41, 5.74) is 1.49. The van der Waals surface area contributed by atoms with E-state index in [1.54, 1.807) is 0 Å². The van der Waals surface area contributed by atoms with Crippen LogP contribution in [0.4, 0.5) is 0 Å². The van der Waals surface area contributed by atoms with Crippen LogP contribution in [0.5, 0.6) is 0 Å². The zero-order chi connectivity index (χ0) is 13.7. The predicted molar refractivity (Wildman–Crippen MR) is 84.9 cm³/mol. The highest BCUT2D eigenvalue weighted by Gasteiger charge is 2.25. The maximum Gasteiger partial charge on any atom is 0.0220 e. The first-order chi connectivity index (χ1) is 9.20. The Labute approximate surface area is 122 Å². The van der Waals surface area contributed by atoms with E-state index in [0.29, 0.717) is 12.1 Å². The minimum Gasteiger partial charge on any atom is -0.312 e. The van der Waals surface area contributed by atoms with Crippen LogP contribution in [0.25, 0.3) is 0 Å². The van der Waals surface area contributed by atoms with Gasteiger partial charge in [0.1, 0.15) is 0 Å². The second-order valence-electron chi connectivity index (χ2n) is 5.96. The van der Waals surface area contributed by atoms with E-state index < -0.39 is 0 Å². The molecular weight excluding hydrogens is 252 g/mol. The standard InChI is InChI=1S/C16H28N2S/c1-4-13(2)16-11-18(14(3)5-8-17-16)9-6-15-7-10-19-12-15/h7,10,12-14,16-17H,4-6,8-9,11H2,1-3H3. The van der Waals surface area contributed by atoms with E-state index in [1.165, 1.54) is 44.5 Å². The molecule has 1 N–H and O–H groups in total. The van der Waals surface area contributed by atoms with Crippen LogP contribution in [-0.4, -0.2) is 36.6 Å². The van der Waals surface area contributed by atoms with E-state index in [4.69, 9.17) is 0 Å². The number of hydrogen-bond donors (Lipinski definition) is 1. The molecule has 0 aliphatic carbocycles. The van der Waals surface area contributed by atoms with Gasteiger partial charge in [0.2, 0.25) is 0 Å². The summed E-state index contributed by atoms with van der Waals surface area (Å²) in [4.78, 5) is 2.69. The summed E-state index contributed by atoms with van der Waals surface area (Å²) in [5.74, 6) is 0.772. The van der Waals surface area contributed by atoms with Crippen molar-refractivity contribution in [1.29, 1.82) is 0 Å². The maximum absolute atomic E-state index is 3.75. The molecule has 0 bridgehead atoms. The van der Waals surface area contributed by atoms with Gasteiger partial charge in [0, 0.05) is 25.2 Å². The number of nitrogens with zero attached hydrogens (tertiary/aromatic N) is 1. The number of thiophene rings is 1. The Kier molecular flexibility index (Phi) is 5.86. The van der Waals surface area contributed by atoms with E-state index in [2.05, 4.69) is 47.8 Å². The summed E-state index contributed by atoms with van der Waals surface area (Å²) >= 11 is 1.81. The number of rotatable bonds is 5. The van der Waals surface area contributed by atoms with Crippen LogP contribution < -0.4 is 5.32 Å². The van der Waals surface area contributed by atoms with Crippen LogP contribution in [0.1, 0.15) is 39.2 Å². The molecule has 1 aliphatic heterocycles. The minimum absolute atomic E-state index is 0.664. The fourth-order valence-corrected chi connectivity index (χ4v) is 3.55. The highest BCUT2D eigenvalue weighted by atomic mass is 32.1. The second kappa shape index (κ2) is 7.41. The first-order valence-corrected chi connectivity index (χ1v) is 8.63. The third kappa shape index (κ3) is 4.30. The minimum atomic E-state index is 0.664. The number of nitrogens with one attached hydrogen (secondary N) is 1. The highest BCUT2D eigenvalue weighted by molar-refractivity contribution is 7.07. The van der Waals surface area contributed by atoms with Gasteiger partial charge in [0.05, 0.1) is 0 Å². The Balaban J connectivity index is 1.91. The van der Waals surface area contributed by atoms with Gasteiger partial charge in [0.25, 0.3) is 0 Å². The molecule has 2 heterocycles. The average Bonchev–Trinajstić information content (AvgIpc) is 2.86. The molecule has 1 aliphatic rings. The van der Waals surface area contributed by atoms with E-state index in [1.807, 2.05) is 11.3 Å². The Morgan fingerprint density at radius 1 is 1.53 bits per heavy atom. The molecule has 1 saturated heterocycles. The average molecular weight is 280 g/mol. The Bertz CT molecular complexity index is 350. The SMILES string of the molecule is CCC(C)C1CN(CCc2ccsc2)C(C)CCN1.